The zero-order chi connectivity index (χ0) is 17.0. The normalized spacial score (nSPS) is 11.5. The Labute approximate surface area is 132 Å². The number of para-hydroxylation sites is 1. The van der Waals surface area contributed by atoms with E-state index in [2.05, 4.69) is 0 Å². The standard InChI is InChI=1S/C13H10N2O7S/c16-13(17)8-6-10(14-23(20)21)12(11(7-8)15(18)19)22-9-4-2-1-3-5-9/h1-7,14H,(H,16,17)(H,20,21)/p-1. The van der Waals surface area contributed by atoms with E-state index in [0.717, 1.165) is 12.1 Å². The van der Waals surface area contributed by atoms with Crippen molar-refractivity contribution in [3.8, 4) is 11.5 Å². The molecule has 10 heteroatoms. The van der Waals surface area contributed by atoms with Crippen molar-refractivity contribution in [2.45, 2.75) is 0 Å². The number of ether oxygens (including phenoxy) is 1. The molecule has 0 bridgehead atoms. The summed E-state index contributed by atoms with van der Waals surface area (Å²) in [6, 6.07) is 9.67. The third-order valence-corrected chi connectivity index (χ3v) is 3.06. The quantitative estimate of drug-likeness (QED) is 0.468. The summed E-state index contributed by atoms with van der Waals surface area (Å²) in [6.07, 6.45) is 0. The van der Waals surface area contributed by atoms with Crippen LogP contribution < -0.4 is 9.46 Å². The summed E-state index contributed by atoms with van der Waals surface area (Å²) in [6.45, 7) is 0. The van der Waals surface area contributed by atoms with Crippen molar-refractivity contribution < 1.29 is 28.3 Å². The first kappa shape index (κ1) is 16.4. The number of carboxylic acids is 1. The van der Waals surface area contributed by atoms with Crippen LogP contribution in [-0.4, -0.2) is 24.8 Å². The van der Waals surface area contributed by atoms with E-state index in [9.17, 15) is 23.7 Å². The Hall–Kier alpha value is -2.98. The minimum atomic E-state index is -2.82. The van der Waals surface area contributed by atoms with E-state index >= 15 is 0 Å². The average Bonchev–Trinajstić information content (AvgIpc) is 2.48. The number of hydrogen-bond donors (Lipinski definition) is 2. The lowest BCUT2D eigenvalue weighted by Crippen LogP contribution is -2.08. The first-order valence-corrected chi connectivity index (χ1v) is 7.10. The van der Waals surface area contributed by atoms with Gasteiger partial charge in [-0.25, -0.2) is 4.79 Å². The van der Waals surface area contributed by atoms with E-state index in [-0.39, 0.29) is 11.4 Å². The van der Waals surface area contributed by atoms with E-state index in [4.69, 9.17) is 9.84 Å². The Morgan fingerprint density at radius 1 is 1.26 bits per heavy atom. The zero-order valence-corrected chi connectivity index (χ0v) is 12.1. The van der Waals surface area contributed by atoms with E-state index in [1.807, 2.05) is 4.72 Å². The van der Waals surface area contributed by atoms with E-state index < -0.39 is 39.2 Å². The Kier molecular flexibility index (Phi) is 4.88. The van der Waals surface area contributed by atoms with Crippen molar-refractivity contribution in [3.05, 3.63) is 58.1 Å². The third-order valence-electron chi connectivity index (χ3n) is 2.67. The van der Waals surface area contributed by atoms with Gasteiger partial charge in [-0.3, -0.25) is 14.3 Å². The van der Waals surface area contributed by atoms with Gasteiger partial charge in [0.05, 0.1) is 16.2 Å². The number of benzene rings is 2. The molecular formula is C13H9N2O7S-. The number of nitro benzene ring substituents is 1. The summed E-state index contributed by atoms with van der Waals surface area (Å²) in [5.74, 6) is -1.63. The highest BCUT2D eigenvalue weighted by molar-refractivity contribution is 7.80. The molecule has 0 aliphatic rings. The molecule has 1 atom stereocenters. The first-order chi connectivity index (χ1) is 10.9. The number of nitro groups is 1. The van der Waals surface area contributed by atoms with Crippen LogP contribution in [0.4, 0.5) is 11.4 Å². The molecule has 2 rings (SSSR count). The Bertz CT molecular complexity index is 779. The Morgan fingerprint density at radius 2 is 1.91 bits per heavy atom. The summed E-state index contributed by atoms with van der Waals surface area (Å²) in [4.78, 5) is 21.4. The lowest BCUT2D eigenvalue weighted by atomic mass is 10.1. The van der Waals surface area contributed by atoms with Gasteiger partial charge in [-0.05, 0) is 18.2 Å². The maximum atomic E-state index is 11.2. The molecule has 0 saturated heterocycles. The molecule has 0 spiro atoms. The summed E-state index contributed by atoms with van der Waals surface area (Å²) in [7, 11) is 0. The minimum Gasteiger partial charge on any atom is -0.755 e. The number of carbonyl (C=O) groups is 1. The highest BCUT2D eigenvalue weighted by atomic mass is 32.2. The fraction of sp³-hybridized carbons (Fsp3) is 0. The number of nitrogens with one attached hydrogen (secondary N) is 1. The van der Waals surface area contributed by atoms with Crippen LogP contribution in [0.3, 0.4) is 0 Å². The van der Waals surface area contributed by atoms with Crippen LogP contribution in [-0.2, 0) is 11.3 Å². The monoisotopic (exact) mass is 337 g/mol. The fourth-order valence-electron chi connectivity index (χ4n) is 1.75. The first-order valence-electron chi connectivity index (χ1n) is 6.03. The van der Waals surface area contributed by atoms with Crippen LogP contribution in [0.2, 0.25) is 0 Å². The molecule has 0 fully saturated rings. The molecule has 0 aliphatic heterocycles. The molecule has 2 N–H and O–H groups in total. The van der Waals surface area contributed by atoms with Gasteiger partial charge in [0.2, 0.25) is 5.75 Å². The van der Waals surface area contributed by atoms with Crippen LogP contribution in [0, 0.1) is 10.1 Å². The molecule has 0 saturated carbocycles. The van der Waals surface area contributed by atoms with Crippen LogP contribution in [0.25, 0.3) is 0 Å². The lowest BCUT2D eigenvalue weighted by Gasteiger charge is -2.15. The Morgan fingerprint density at radius 3 is 2.43 bits per heavy atom. The second-order valence-electron chi connectivity index (χ2n) is 4.19. The average molecular weight is 337 g/mol. The van der Waals surface area contributed by atoms with Crippen LogP contribution in [0.5, 0.6) is 11.5 Å². The smallest absolute Gasteiger partial charge is 0.336 e. The van der Waals surface area contributed by atoms with Crippen molar-refractivity contribution in [2.24, 2.45) is 0 Å². The molecule has 23 heavy (non-hydrogen) atoms. The molecular weight excluding hydrogens is 328 g/mol. The summed E-state index contributed by atoms with van der Waals surface area (Å²) < 4.78 is 29.0. The zero-order valence-electron chi connectivity index (χ0n) is 11.3. The maximum absolute atomic E-state index is 11.2. The number of carboxylic acid groups (broad SMARTS) is 1. The van der Waals surface area contributed by atoms with Gasteiger partial charge in [-0.1, -0.05) is 18.2 Å². The molecule has 120 valence electrons. The van der Waals surface area contributed by atoms with Crippen LogP contribution in [0.1, 0.15) is 10.4 Å². The predicted octanol–water partition coefficient (Wildman–Crippen LogP) is 2.29. The maximum Gasteiger partial charge on any atom is 0.336 e. The van der Waals surface area contributed by atoms with Gasteiger partial charge < -0.3 is 19.1 Å². The minimum absolute atomic E-state index is 0.221. The van der Waals surface area contributed by atoms with Gasteiger partial charge >= 0.3 is 11.7 Å². The van der Waals surface area contributed by atoms with Crippen molar-refractivity contribution >= 4 is 28.6 Å². The molecule has 0 radical (unpaired) electrons. The van der Waals surface area contributed by atoms with Crippen LogP contribution in [0.15, 0.2) is 42.5 Å². The largest absolute Gasteiger partial charge is 0.755 e. The van der Waals surface area contributed by atoms with Gasteiger partial charge in [0.1, 0.15) is 5.75 Å². The molecule has 0 aliphatic carbocycles. The number of rotatable bonds is 6. The second kappa shape index (κ2) is 6.85. The molecule has 0 aromatic heterocycles. The SMILES string of the molecule is O=C(O)c1cc(NS(=O)[O-])c(Oc2ccccc2)c([N+](=O)[O-])c1. The molecule has 0 heterocycles. The predicted molar refractivity (Wildman–Crippen MR) is 79.1 cm³/mol. The van der Waals surface area contributed by atoms with E-state index in [1.165, 1.54) is 12.1 Å². The highest BCUT2D eigenvalue weighted by Crippen LogP contribution is 2.39. The van der Waals surface area contributed by atoms with Gasteiger partial charge in [-0.2, -0.15) is 0 Å². The molecule has 1 unspecified atom stereocenters. The number of anilines is 1. The van der Waals surface area contributed by atoms with Crippen molar-refractivity contribution in [3.63, 3.8) is 0 Å². The van der Waals surface area contributed by atoms with Gasteiger partial charge in [0.15, 0.2) is 0 Å². The highest BCUT2D eigenvalue weighted by Gasteiger charge is 2.24. The lowest BCUT2D eigenvalue weighted by molar-refractivity contribution is -0.385. The molecule has 9 nitrogen and oxygen atoms in total. The molecule has 0 amide bonds. The number of hydrogen-bond acceptors (Lipinski definition) is 6. The van der Waals surface area contributed by atoms with Crippen LogP contribution >= 0.6 is 0 Å². The van der Waals surface area contributed by atoms with Crippen molar-refractivity contribution in [1.82, 2.24) is 0 Å². The van der Waals surface area contributed by atoms with Gasteiger partial charge in [0.25, 0.3) is 0 Å². The Balaban J connectivity index is 2.62. The second-order valence-corrected chi connectivity index (χ2v) is 4.86. The topological polar surface area (TPSA) is 142 Å². The van der Waals surface area contributed by atoms with E-state index in [1.54, 1.807) is 18.2 Å². The molecule has 2 aromatic carbocycles. The third kappa shape index (κ3) is 4.02. The number of aromatic carboxylic acids is 1. The summed E-state index contributed by atoms with van der Waals surface area (Å²) in [5.41, 5.74) is -1.49. The van der Waals surface area contributed by atoms with Gasteiger partial charge in [-0.15, -0.1) is 0 Å². The van der Waals surface area contributed by atoms with Gasteiger partial charge in [0, 0.05) is 17.3 Å². The van der Waals surface area contributed by atoms with E-state index in [0.29, 0.717) is 0 Å². The fourth-order valence-corrected chi connectivity index (χ4v) is 2.08. The van der Waals surface area contributed by atoms with Crippen molar-refractivity contribution in [1.29, 1.82) is 0 Å². The molecule has 2 aromatic rings. The van der Waals surface area contributed by atoms with Crippen molar-refractivity contribution in [2.75, 3.05) is 4.72 Å². The summed E-state index contributed by atoms with van der Waals surface area (Å²) in [5, 5.41) is 20.2. The number of nitrogens with zero attached hydrogens (tertiary/aromatic N) is 1. The summed E-state index contributed by atoms with van der Waals surface area (Å²) >= 11 is -2.82.